The summed E-state index contributed by atoms with van der Waals surface area (Å²) in [6.45, 7) is 9.33. The number of hydrogen-bond donors (Lipinski definition) is 2. The average Bonchev–Trinajstić information content (AvgIpc) is 3.44. The van der Waals surface area contributed by atoms with Crippen LogP contribution < -0.4 is 10.6 Å². The Labute approximate surface area is 209 Å². The molecule has 0 aromatic heterocycles. The quantitative estimate of drug-likeness (QED) is 0.114. The van der Waals surface area contributed by atoms with Crippen molar-refractivity contribution in [3.63, 3.8) is 0 Å². The van der Waals surface area contributed by atoms with Gasteiger partial charge in [-0.1, -0.05) is 18.6 Å². The number of likely N-dealkylation sites (tertiary alicyclic amines) is 2. The molecule has 2 bridgehead atoms. The number of halogens is 1. The van der Waals surface area contributed by atoms with Gasteiger partial charge in [-0.25, -0.2) is 0 Å². The second-order valence-electron chi connectivity index (χ2n) is 9.60. The van der Waals surface area contributed by atoms with E-state index in [-0.39, 0.29) is 59.5 Å². The number of hydrogen-bond acceptors (Lipinski definition) is 4. The van der Waals surface area contributed by atoms with E-state index in [1.807, 2.05) is 6.92 Å². The number of rotatable bonds is 9. The lowest BCUT2D eigenvalue weighted by Crippen LogP contribution is -2.43. The lowest BCUT2D eigenvalue weighted by atomic mass is 9.85. The third kappa shape index (κ3) is 5.48. The number of nitrogens with zero attached hydrogens (tertiary/aromatic N) is 3. The van der Waals surface area contributed by atoms with E-state index in [1.165, 1.54) is 43.7 Å². The first-order chi connectivity index (χ1) is 15.1. The maximum absolute atomic E-state index is 12.8. The fourth-order valence-corrected chi connectivity index (χ4v) is 5.92. The second-order valence-corrected chi connectivity index (χ2v) is 9.60. The summed E-state index contributed by atoms with van der Waals surface area (Å²) >= 11 is 0. The molecule has 7 nitrogen and oxygen atoms in total. The minimum absolute atomic E-state index is 0. The van der Waals surface area contributed by atoms with Crippen LogP contribution in [0.1, 0.15) is 52.4 Å². The van der Waals surface area contributed by atoms with Gasteiger partial charge in [0.05, 0.1) is 11.8 Å². The van der Waals surface area contributed by atoms with Gasteiger partial charge in [0.15, 0.2) is 5.96 Å². The number of imide groups is 1. The molecule has 0 radical (unpaired) electrons. The van der Waals surface area contributed by atoms with E-state index in [0.29, 0.717) is 13.1 Å². The van der Waals surface area contributed by atoms with Gasteiger partial charge >= 0.3 is 0 Å². The summed E-state index contributed by atoms with van der Waals surface area (Å²) in [4.78, 5) is 34.3. The van der Waals surface area contributed by atoms with Crippen molar-refractivity contribution in [1.82, 2.24) is 20.4 Å². The fourth-order valence-electron chi connectivity index (χ4n) is 5.92. The van der Waals surface area contributed by atoms with Crippen LogP contribution in [-0.4, -0.2) is 72.9 Å². The third-order valence-corrected chi connectivity index (χ3v) is 7.60. The molecule has 2 heterocycles. The lowest BCUT2D eigenvalue weighted by molar-refractivity contribution is -0.140. The van der Waals surface area contributed by atoms with E-state index >= 15 is 0 Å². The molecule has 3 fully saturated rings. The Morgan fingerprint density at radius 3 is 2.44 bits per heavy atom. The Morgan fingerprint density at radius 2 is 1.78 bits per heavy atom. The SMILES string of the molecule is CCNC(=NCCCCN1CCCCC1C)NCCN1C(=O)C2C3C=CC(C3)C2C1=O.I. The summed E-state index contributed by atoms with van der Waals surface area (Å²) in [6, 6.07) is 0.720. The first-order valence-corrected chi connectivity index (χ1v) is 12.4. The molecule has 8 heteroatoms. The number of unbranched alkanes of at least 4 members (excludes halogenated alkanes) is 1. The molecule has 4 aliphatic rings. The van der Waals surface area contributed by atoms with Crippen molar-refractivity contribution < 1.29 is 9.59 Å². The number of carbonyl (C=O) groups is 2. The number of carbonyl (C=O) groups excluding carboxylic acids is 2. The number of fused-ring (bicyclic) bond motifs is 5. The Balaban J connectivity index is 0.00000289. The molecule has 0 aromatic carbocycles. The van der Waals surface area contributed by atoms with Crippen molar-refractivity contribution in [2.24, 2.45) is 28.7 Å². The molecular weight excluding hydrogens is 517 g/mol. The zero-order chi connectivity index (χ0) is 21.8. The van der Waals surface area contributed by atoms with Crippen LogP contribution in [-0.2, 0) is 9.59 Å². The predicted molar refractivity (Wildman–Crippen MR) is 138 cm³/mol. The van der Waals surface area contributed by atoms with Crippen LogP contribution in [0.15, 0.2) is 17.1 Å². The molecule has 4 rings (SSSR count). The molecule has 1 saturated carbocycles. The Kier molecular flexibility index (Phi) is 9.40. The van der Waals surface area contributed by atoms with E-state index < -0.39 is 0 Å². The van der Waals surface area contributed by atoms with Gasteiger partial charge in [0.1, 0.15) is 0 Å². The second kappa shape index (κ2) is 11.8. The third-order valence-electron chi connectivity index (χ3n) is 7.60. The molecule has 2 aliphatic carbocycles. The van der Waals surface area contributed by atoms with Crippen molar-refractivity contribution in [3.05, 3.63) is 12.2 Å². The highest BCUT2D eigenvalue weighted by Crippen LogP contribution is 2.52. The van der Waals surface area contributed by atoms with E-state index in [2.05, 4.69) is 39.6 Å². The van der Waals surface area contributed by atoms with Crippen LogP contribution in [0.4, 0.5) is 0 Å². The van der Waals surface area contributed by atoms with Gasteiger partial charge in [0.25, 0.3) is 0 Å². The molecule has 2 amide bonds. The summed E-state index contributed by atoms with van der Waals surface area (Å²) in [5.74, 6) is 1.17. The number of nitrogens with one attached hydrogen (secondary N) is 2. The molecule has 0 aromatic rings. The smallest absolute Gasteiger partial charge is 0.233 e. The van der Waals surface area contributed by atoms with Gasteiger partial charge in [-0.3, -0.25) is 19.5 Å². The van der Waals surface area contributed by atoms with Crippen LogP contribution in [0.3, 0.4) is 0 Å². The number of guanidine groups is 1. The minimum atomic E-state index is -0.105. The van der Waals surface area contributed by atoms with E-state index in [4.69, 9.17) is 0 Å². The largest absolute Gasteiger partial charge is 0.357 e. The molecule has 32 heavy (non-hydrogen) atoms. The van der Waals surface area contributed by atoms with Crippen LogP contribution in [0.5, 0.6) is 0 Å². The first-order valence-electron chi connectivity index (χ1n) is 12.4. The van der Waals surface area contributed by atoms with Gasteiger partial charge in [-0.2, -0.15) is 0 Å². The summed E-state index contributed by atoms with van der Waals surface area (Å²) in [5.41, 5.74) is 0. The van der Waals surface area contributed by atoms with Gasteiger partial charge in [-0.05, 0) is 70.9 Å². The van der Waals surface area contributed by atoms with Crippen molar-refractivity contribution in [3.8, 4) is 0 Å². The highest BCUT2D eigenvalue weighted by molar-refractivity contribution is 14.0. The number of aliphatic imine (C=N–C) groups is 1. The van der Waals surface area contributed by atoms with Crippen LogP contribution in [0.2, 0.25) is 0 Å². The highest BCUT2D eigenvalue weighted by atomic mass is 127. The molecular formula is C24H40IN5O2. The van der Waals surface area contributed by atoms with Gasteiger partial charge in [0.2, 0.25) is 11.8 Å². The standard InChI is InChI=1S/C24H39N5O2.HI/c1-3-25-24(26-11-5-7-14-28-13-6-4-8-17(28)2)27-12-15-29-22(30)20-18-9-10-19(16-18)21(20)23(29)31;/h9-10,17-21H,3-8,11-16H2,1-2H3,(H2,25,26,27);1H. The van der Waals surface area contributed by atoms with Crippen molar-refractivity contribution in [1.29, 1.82) is 0 Å². The lowest BCUT2D eigenvalue weighted by Gasteiger charge is -2.33. The molecule has 2 N–H and O–H groups in total. The van der Waals surface area contributed by atoms with Crippen molar-refractivity contribution in [2.75, 3.05) is 39.3 Å². The average molecular weight is 558 g/mol. The molecule has 2 saturated heterocycles. The molecule has 5 unspecified atom stereocenters. The Morgan fingerprint density at radius 1 is 1.06 bits per heavy atom. The molecule has 2 aliphatic heterocycles. The predicted octanol–water partition coefficient (Wildman–Crippen LogP) is 2.62. The maximum atomic E-state index is 12.8. The van der Waals surface area contributed by atoms with E-state index in [0.717, 1.165) is 37.9 Å². The molecule has 5 atom stereocenters. The van der Waals surface area contributed by atoms with E-state index in [9.17, 15) is 9.59 Å². The van der Waals surface area contributed by atoms with Gasteiger partial charge in [0, 0.05) is 32.2 Å². The summed E-state index contributed by atoms with van der Waals surface area (Å²) in [6.07, 6.45) is 11.5. The normalized spacial score (nSPS) is 31.8. The van der Waals surface area contributed by atoms with Crippen molar-refractivity contribution in [2.45, 2.75) is 58.4 Å². The summed E-state index contributed by atoms with van der Waals surface area (Å²) in [7, 11) is 0. The zero-order valence-electron chi connectivity index (χ0n) is 19.6. The zero-order valence-corrected chi connectivity index (χ0v) is 21.9. The van der Waals surface area contributed by atoms with Crippen LogP contribution in [0, 0.1) is 23.7 Å². The Hall–Kier alpha value is -1.16. The maximum Gasteiger partial charge on any atom is 0.233 e. The number of piperidine rings is 1. The highest BCUT2D eigenvalue weighted by Gasteiger charge is 2.58. The Bertz CT molecular complexity index is 697. The van der Waals surface area contributed by atoms with Gasteiger partial charge < -0.3 is 15.5 Å². The number of allylic oxidation sites excluding steroid dienone is 2. The van der Waals surface area contributed by atoms with Crippen LogP contribution in [0.25, 0.3) is 0 Å². The summed E-state index contributed by atoms with van der Waals surface area (Å²) in [5, 5.41) is 6.58. The summed E-state index contributed by atoms with van der Waals surface area (Å²) < 4.78 is 0. The minimum Gasteiger partial charge on any atom is -0.357 e. The molecule has 180 valence electrons. The van der Waals surface area contributed by atoms with E-state index in [1.54, 1.807) is 0 Å². The van der Waals surface area contributed by atoms with Crippen molar-refractivity contribution >= 4 is 41.8 Å². The first kappa shape index (κ1) is 25.5. The van der Waals surface area contributed by atoms with Gasteiger partial charge in [-0.15, -0.1) is 24.0 Å². The fraction of sp³-hybridized carbons (Fsp3) is 0.792. The topological polar surface area (TPSA) is 77.0 Å². The van der Waals surface area contributed by atoms with Crippen LogP contribution >= 0.6 is 24.0 Å². The number of amides is 2. The monoisotopic (exact) mass is 557 g/mol. The molecule has 0 spiro atoms.